The summed E-state index contributed by atoms with van der Waals surface area (Å²) in [6.07, 6.45) is 0. The van der Waals surface area contributed by atoms with E-state index in [1.807, 2.05) is 42.5 Å². The minimum absolute atomic E-state index is 0.103. The summed E-state index contributed by atoms with van der Waals surface area (Å²) < 4.78 is 10.9. The summed E-state index contributed by atoms with van der Waals surface area (Å²) in [7, 11) is 1.63. The summed E-state index contributed by atoms with van der Waals surface area (Å²) in [4.78, 5) is 19.7. The lowest BCUT2D eigenvalue weighted by Gasteiger charge is -2.34. The first-order valence-electron chi connectivity index (χ1n) is 10.00. The number of thiazole rings is 1. The minimum atomic E-state index is -0.165. The third kappa shape index (κ3) is 4.70. The Balaban J connectivity index is 1.47. The lowest BCUT2D eigenvalue weighted by molar-refractivity contribution is 0.0162. The molecule has 156 valence electrons. The second kappa shape index (κ2) is 9.84. The van der Waals surface area contributed by atoms with Crippen molar-refractivity contribution in [2.75, 3.05) is 40.0 Å². The molecule has 3 aromatic rings. The minimum Gasteiger partial charge on any atom is -0.496 e. The summed E-state index contributed by atoms with van der Waals surface area (Å²) in [6.45, 7) is 3.65. The van der Waals surface area contributed by atoms with Crippen LogP contribution >= 0.6 is 11.3 Å². The average Bonchev–Trinajstić information content (AvgIpc) is 3.31. The second-order valence-electron chi connectivity index (χ2n) is 7.02. The summed E-state index contributed by atoms with van der Waals surface area (Å²) in [5.41, 5.74) is 2.50. The lowest BCUT2D eigenvalue weighted by Crippen LogP contribution is -2.43. The maximum Gasteiger partial charge on any atom is 0.270 e. The fourth-order valence-corrected chi connectivity index (χ4v) is 4.45. The number of rotatable bonds is 7. The highest BCUT2D eigenvalue weighted by Gasteiger charge is 2.24. The van der Waals surface area contributed by atoms with Crippen LogP contribution in [0.2, 0.25) is 0 Å². The first-order valence-corrected chi connectivity index (χ1v) is 10.9. The van der Waals surface area contributed by atoms with Crippen LogP contribution in [0.3, 0.4) is 0 Å². The third-order valence-corrected chi connectivity index (χ3v) is 6.08. The van der Waals surface area contributed by atoms with Crippen molar-refractivity contribution >= 4 is 17.2 Å². The van der Waals surface area contributed by atoms with Gasteiger partial charge < -0.3 is 14.8 Å². The number of ether oxygens (including phenoxy) is 2. The Morgan fingerprint density at radius 1 is 1.17 bits per heavy atom. The molecule has 1 aliphatic rings. The van der Waals surface area contributed by atoms with E-state index in [9.17, 15) is 4.79 Å². The Kier molecular flexibility index (Phi) is 6.74. The summed E-state index contributed by atoms with van der Waals surface area (Å²) in [6, 6.07) is 18.1. The van der Waals surface area contributed by atoms with Crippen LogP contribution in [0.5, 0.6) is 5.75 Å². The van der Waals surface area contributed by atoms with Gasteiger partial charge in [0.1, 0.15) is 16.5 Å². The van der Waals surface area contributed by atoms with E-state index in [4.69, 9.17) is 9.47 Å². The number of hydrogen-bond donors (Lipinski definition) is 1. The predicted molar refractivity (Wildman–Crippen MR) is 118 cm³/mol. The highest BCUT2D eigenvalue weighted by Crippen LogP contribution is 2.32. The van der Waals surface area contributed by atoms with Gasteiger partial charge in [-0.25, -0.2) is 4.98 Å². The summed E-state index contributed by atoms with van der Waals surface area (Å²) >= 11 is 1.44. The molecule has 1 aliphatic heterocycles. The van der Waals surface area contributed by atoms with Gasteiger partial charge in [-0.1, -0.05) is 42.5 Å². The first-order chi connectivity index (χ1) is 14.8. The molecule has 2 heterocycles. The zero-order valence-electron chi connectivity index (χ0n) is 16.9. The van der Waals surface area contributed by atoms with Gasteiger partial charge in [0, 0.05) is 25.0 Å². The maximum absolute atomic E-state index is 12.8. The van der Waals surface area contributed by atoms with Crippen LogP contribution in [-0.2, 0) is 4.74 Å². The van der Waals surface area contributed by atoms with E-state index in [0.29, 0.717) is 25.5 Å². The van der Waals surface area contributed by atoms with Crippen molar-refractivity contribution in [1.82, 2.24) is 15.2 Å². The van der Waals surface area contributed by atoms with Gasteiger partial charge in [0.05, 0.1) is 31.9 Å². The van der Waals surface area contributed by atoms with Gasteiger partial charge in [-0.3, -0.25) is 9.69 Å². The molecule has 1 aromatic heterocycles. The van der Waals surface area contributed by atoms with Gasteiger partial charge in [-0.05, 0) is 17.7 Å². The Morgan fingerprint density at radius 3 is 2.67 bits per heavy atom. The van der Waals surface area contributed by atoms with E-state index in [1.54, 1.807) is 12.5 Å². The number of carbonyl (C=O) groups excluding carboxylic acids is 1. The molecule has 0 radical (unpaired) electrons. The molecule has 0 aliphatic carbocycles. The van der Waals surface area contributed by atoms with E-state index < -0.39 is 0 Å². The predicted octanol–water partition coefficient (Wildman–Crippen LogP) is 3.62. The Bertz CT molecular complexity index is 971. The number of methoxy groups -OCH3 is 1. The normalized spacial score (nSPS) is 15.5. The SMILES string of the molecule is COc1ccccc1-c1nc(C(=O)NCC(c2ccccc2)N2CCOCC2)cs1. The highest BCUT2D eigenvalue weighted by molar-refractivity contribution is 7.13. The molecule has 0 spiro atoms. The number of benzene rings is 2. The van der Waals surface area contributed by atoms with Crippen molar-refractivity contribution in [2.45, 2.75) is 6.04 Å². The molecular formula is C23H25N3O3S. The zero-order chi connectivity index (χ0) is 20.8. The molecule has 1 unspecified atom stereocenters. The molecule has 1 saturated heterocycles. The summed E-state index contributed by atoms with van der Waals surface area (Å²) in [5.74, 6) is 0.580. The standard InChI is InChI=1S/C23H25N3O3S/c1-28-21-10-6-5-9-18(21)23-25-19(16-30-23)22(27)24-15-20(17-7-3-2-4-8-17)26-11-13-29-14-12-26/h2-10,16,20H,11-15H2,1H3,(H,24,27). The number of amides is 1. The van der Waals surface area contributed by atoms with Gasteiger partial charge in [-0.15, -0.1) is 11.3 Å². The van der Waals surface area contributed by atoms with Gasteiger partial charge in [0.15, 0.2) is 0 Å². The van der Waals surface area contributed by atoms with Gasteiger partial charge >= 0.3 is 0 Å². The Hall–Kier alpha value is -2.74. The molecule has 1 amide bonds. The second-order valence-corrected chi connectivity index (χ2v) is 7.88. The molecule has 1 N–H and O–H groups in total. The van der Waals surface area contributed by atoms with Crippen molar-refractivity contribution in [3.05, 3.63) is 71.2 Å². The number of nitrogens with zero attached hydrogens (tertiary/aromatic N) is 2. The molecule has 7 heteroatoms. The number of nitrogens with one attached hydrogen (secondary N) is 1. The van der Waals surface area contributed by atoms with Crippen molar-refractivity contribution in [3.8, 4) is 16.3 Å². The number of para-hydroxylation sites is 1. The van der Waals surface area contributed by atoms with E-state index >= 15 is 0 Å². The summed E-state index contributed by atoms with van der Waals surface area (Å²) in [5, 5.41) is 5.64. The number of aromatic nitrogens is 1. The van der Waals surface area contributed by atoms with Crippen molar-refractivity contribution < 1.29 is 14.3 Å². The first kappa shape index (κ1) is 20.5. The quantitative estimate of drug-likeness (QED) is 0.629. The van der Waals surface area contributed by atoms with Crippen LogP contribution in [-0.4, -0.2) is 55.7 Å². The van der Waals surface area contributed by atoms with E-state index in [2.05, 4.69) is 27.3 Å². The third-order valence-electron chi connectivity index (χ3n) is 5.20. The van der Waals surface area contributed by atoms with Crippen LogP contribution in [0.25, 0.3) is 10.6 Å². The van der Waals surface area contributed by atoms with Crippen LogP contribution in [0.1, 0.15) is 22.1 Å². The number of morpholine rings is 1. The Morgan fingerprint density at radius 2 is 1.90 bits per heavy atom. The van der Waals surface area contributed by atoms with Crippen LogP contribution in [0.4, 0.5) is 0 Å². The van der Waals surface area contributed by atoms with E-state index in [-0.39, 0.29) is 11.9 Å². The molecule has 1 fully saturated rings. The highest BCUT2D eigenvalue weighted by atomic mass is 32.1. The molecule has 1 atom stereocenters. The monoisotopic (exact) mass is 423 g/mol. The lowest BCUT2D eigenvalue weighted by atomic mass is 10.0. The maximum atomic E-state index is 12.8. The van der Waals surface area contributed by atoms with Crippen molar-refractivity contribution in [3.63, 3.8) is 0 Å². The molecule has 0 saturated carbocycles. The largest absolute Gasteiger partial charge is 0.496 e. The van der Waals surface area contributed by atoms with Crippen molar-refractivity contribution in [1.29, 1.82) is 0 Å². The molecule has 0 bridgehead atoms. The average molecular weight is 424 g/mol. The van der Waals surface area contributed by atoms with E-state index in [0.717, 1.165) is 29.4 Å². The Labute approximate surface area is 180 Å². The van der Waals surface area contributed by atoms with Gasteiger partial charge in [-0.2, -0.15) is 0 Å². The fraction of sp³-hybridized carbons (Fsp3) is 0.304. The topological polar surface area (TPSA) is 63.7 Å². The molecule has 30 heavy (non-hydrogen) atoms. The van der Waals surface area contributed by atoms with Gasteiger partial charge in [0.2, 0.25) is 0 Å². The van der Waals surface area contributed by atoms with Crippen LogP contribution in [0, 0.1) is 0 Å². The molecule has 6 nitrogen and oxygen atoms in total. The number of carbonyl (C=O) groups is 1. The van der Waals surface area contributed by atoms with Crippen molar-refractivity contribution in [2.24, 2.45) is 0 Å². The van der Waals surface area contributed by atoms with Crippen LogP contribution < -0.4 is 10.1 Å². The number of hydrogen-bond acceptors (Lipinski definition) is 6. The molecular weight excluding hydrogens is 398 g/mol. The smallest absolute Gasteiger partial charge is 0.270 e. The van der Waals surface area contributed by atoms with E-state index in [1.165, 1.54) is 16.9 Å². The van der Waals surface area contributed by atoms with Gasteiger partial charge in [0.25, 0.3) is 5.91 Å². The molecule has 2 aromatic carbocycles. The fourth-order valence-electron chi connectivity index (χ4n) is 3.63. The van der Waals surface area contributed by atoms with Crippen LogP contribution in [0.15, 0.2) is 60.0 Å². The zero-order valence-corrected chi connectivity index (χ0v) is 17.7. The molecule has 4 rings (SSSR count).